The maximum atomic E-state index is 2.49. The van der Waals surface area contributed by atoms with Crippen molar-refractivity contribution in [2.24, 2.45) is 0 Å². The molecule has 1 N–H and O–H groups in total. The molecule has 0 radical (unpaired) electrons. The van der Waals surface area contributed by atoms with Gasteiger partial charge in [-0.2, -0.15) is 0 Å². The molecular formula is C29H39N2+. The fraction of sp³-hybridized carbons (Fsp3) is 0.448. The molecule has 2 heterocycles. The van der Waals surface area contributed by atoms with Crippen LogP contribution in [0, 0.1) is 13.8 Å². The predicted molar refractivity (Wildman–Crippen MR) is 134 cm³/mol. The van der Waals surface area contributed by atoms with Crippen molar-refractivity contribution in [3.8, 4) is 0 Å². The lowest BCUT2D eigenvalue weighted by Gasteiger charge is -2.27. The smallest absolute Gasteiger partial charge is 0.135 e. The maximum absolute atomic E-state index is 2.49. The van der Waals surface area contributed by atoms with Gasteiger partial charge < -0.3 is 4.90 Å². The van der Waals surface area contributed by atoms with Crippen molar-refractivity contribution in [3.63, 3.8) is 0 Å². The molecule has 0 saturated carbocycles. The lowest BCUT2D eigenvalue weighted by Crippen LogP contribution is -3.10. The fourth-order valence-corrected chi connectivity index (χ4v) is 5.90. The molecule has 2 heteroatoms. The van der Waals surface area contributed by atoms with E-state index in [0.717, 1.165) is 13.1 Å². The highest BCUT2D eigenvalue weighted by atomic mass is 15.2. The Morgan fingerprint density at radius 2 is 1.58 bits per heavy atom. The van der Waals surface area contributed by atoms with Gasteiger partial charge in [0.2, 0.25) is 0 Å². The number of likely N-dealkylation sites (N-methyl/N-ethyl adjacent to an activating group) is 2. The largest absolute Gasteiger partial charge is 0.344 e. The molecule has 0 saturated heterocycles. The van der Waals surface area contributed by atoms with Crippen molar-refractivity contribution >= 4 is 11.4 Å². The van der Waals surface area contributed by atoms with Crippen LogP contribution >= 0.6 is 0 Å². The van der Waals surface area contributed by atoms with Gasteiger partial charge in [-0.3, -0.25) is 4.90 Å². The van der Waals surface area contributed by atoms with Gasteiger partial charge >= 0.3 is 0 Å². The Kier molecular flexibility index (Phi) is 5.42. The van der Waals surface area contributed by atoms with Crippen LogP contribution < -0.4 is 9.80 Å². The van der Waals surface area contributed by atoms with E-state index in [1.54, 1.807) is 4.90 Å². The first-order valence-corrected chi connectivity index (χ1v) is 11.9. The molecule has 2 aliphatic heterocycles. The normalized spacial score (nSPS) is 24.8. The van der Waals surface area contributed by atoms with E-state index in [4.69, 9.17) is 0 Å². The van der Waals surface area contributed by atoms with E-state index in [0.29, 0.717) is 6.04 Å². The number of aryl methyl sites for hydroxylation is 2. The zero-order valence-corrected chi connectivity index (χ0v) is 20.6. The molecule has 0 aliphatic carbocycles. The summed E-state index contributed by atoms with van der Waals surface area (Å²) in [5, 5.41) is 0. The van der Waals surface area contributed by atoms with Crippen LogP contribution in [0.3, 0.4) is 0 Å². The Labute approximate surface area is 189 Å². The summed E-state index contributed by atoms with van der Waals surface area (Å²) in [4.78, 5) is 4.06. The Morgan fingerprint density at radius 1 is 0.935 bits per heavy atom. The molecule has 2 atom stereocenters. The number of anilines is 1. The van der Waals surface area contributed by atoms with Crippen molar-refractivity contribution in [2.45, 2.75) is 72.3 Å². The van der Waals surface area contributed by atoms with Crippen molar-refractivity contribution in [3.05, 3.63) is 82.6 Å². The predicted octanol–water partition coefficient (Wildman–Crippen LogP) is 5.76. The minimum atomic E-state index is 0.0181. The second kappa shape index (κ2) is 7.67. The van der Waals surface area contributed by atoms with E-state index >= 15 is 0 Å². The number of benzene rings is 2. The van der Waals surface area contributed by atoms with E-state index in [9.17, 15) is 0 Å². The highest BCUT2D eigenvalue weighted by molar-refractivity contribution is 5.71. The van der Waals surface area contributed by atoms with Crippen LogP contribution in [0.1, 0.15) is 63.8 Å². The molecule has 0 aromatic heterocycles. The zero-order chi connectivity index (χ0) is 22.6. The quantitative estimate of drug-likeness (QED) is 0.667. The summed E-state index contributed by atoms with van der Waals surface area (Å²) < 4.78 is 0. The zero-order valence-electron chi connectivity index (χ0n) is 20.6. The van der Waals surface area contributed by atoms with Crippen LogP contribution in [0.5, 0.6) is 0 Å². The van der Waals surface area contributed by atoms with E-state index in [1.165, 1.54) is 39.3 Å². The number of hydrogen-bond acceptors (Lipinski definition) is 1. The molecule has 2 aromatic rings. The SMILES string of the molecule is CCN1C(=CC=CC2[NH+](CC)c3ccc(C)cc3C2(C)C)C(C)(C)c2cc(C)ccc21. The summed E-state index contributed by atoms with van der Waals surface area (Å²) in [5.41, 5.74) is 10.0. The van der Waals surface area contributed by atoms with Crippen LogP contribution in [0.2, 0.25) is 0 Å². The highest BCUT2D eigenvalue weighted by Gasteiger charge is 2.47. The molecule has 2 unspecified atom stereocenters. The van der Waals surface area contributed by atoms with E-state index in [-0.39, 0.29) is 10.8 Å². The van der Waals surface area contributed by atoms with Crippen LogP contribution in [0.25, 0.3) is 0 Å². The number of rotatable bonds is 4. The number of allylic oxidation sites excluding steroid dienone is 3. The maximum Gasteiger partial charge on any atom is 0.135 e. The van der Waals surface area contributed by atoms with Crippen LogP contribution in [0.4, 0.5) is 11.4 Å². The van der Waals surface area contributed by atoms with E-state index < -0.39 is 0 Å². The molecule has 0 spiro atoms. The van der Waals surface area contributed by atoms with Gasteiger partial charge in [0.05, 0.1) is 12.0 Å². The van der Waals surface area contributed by atoms with Gasteiger partial charge in [0.1, 0.15) is 11.7 Å². The number of nitrogens with one attached hydrogen (secondary N) is 1. The molecule has 0 bridgehead atoms. The molecule has 164 valence electrons. The lowest BCUT2D eigenvalue weighted by molar-refractivity contribution is -0.848. The van der Waals surface area contributed by atoms with Gasteiger partial charge in [-0.05, 0) is 77.5 Å². The fourth-order valence-electron chi connectivity index (χ4n) is 5.90. The molecule has 31 heavy (non-hydrogen) atoms. The monoisotopic (exact) mass is 415 g/mol. The molecule has 0 amide bonds. The third kappa shape index (κ3) is 3.36. The number of fused-ring (bicyclic) bond motifs is 2. The van der Waals surface area contributed by atoms with Crippen molar-refractivity contribution in [1.29, 1.82) is 0 Å². The minimum Gasteiger partial charge on any atom is -0.344 e. The Morgan fingerprint density at radius 3 is 2.23 bits per heavy atom. The Balaban J connectivity index is 1.70. The highest BCUT2D eigenvalue weighted by Crippen LogP contribution is 2.48. The van der Waals surface area contributed by atoms with Crippen molar-refractivity contribution in [2.75, 3.05) is 18.0 Å². The topological polar surface area (TPSA) is 7.68 Å². The lowest BCUT2D eigenvalue weighted by atomic mass is 9.79. The third-order valence-corrected chi connectivity index (χ3v) is 7.67. The van der Waals surface area contributed by atoms with Gasteiger partial charge in [0, 0.05) is 28.9 Å². The first-order chi connectivity index (χ1) is 14.6. The average molecular weight is 416 g/mol. The Hall–Kier alpha value is -2.32. The molecule has 2 aliphatic rings. The van der Waals surface area contributed by atoms with Gasteiger partial charge in [-0.25, -0.2) is 0 Å². The summed E-state index contributed by atoms with van der Waals surface area (Å²) >= 11 is 0. The average Bonchev–Trinajstić information content (AvgIpc) is 3.06. The van der Waals surface area contributed by atoms with Crippen LogP contribution in [-0.2, 0) is 10.8 Å². The third-order valence-electron chi connectivity index (χ3n) is 7.67. The first kappa shape index (κ1) is 21.9. The van der Waals surface area contributed by atoms with Crippen molar-refractivity contribution < 1.29 is 4.90 Å². The van der Waals surface area contributed by atoms with Gasteiger partial charge in [-0.15, -0.1) is 0 Å². The second-order valence-corrected chi connectivity index (χ2v) is 10.5. The van der Waals surface area contributed by atoms with Crippen LogP contribution in [0.15, 0.2) is 60.3 Å². The molecular weight excluding hydrogens is 376 g/mol. The van der Waals surface area contributed by atoms with Gasteiger partial charge in [0.25, 0.3) is 0 Å². The number of nitrogens with zero attached hydrogens (tertiary/aromatic N) is 1. The summed E-state index contributed by atoms with van der Waals surface area (Å²) in [6, 6.07) is 14.3. The van der Waals surface area contributed by atoms with Crippen molar-refractivity contribution in [1.82, 2.24) is 0 Å². The number of hydrogen-bond donors (Lipinski definition) is 1. The standard InChI is InChI=1S/C29H38N2/c1-9-30-24-16-14-20(3)18-22(24)28(5,6)26(30)12-11-13-27-29(7,8)23-19-21(4)15-17-25(23)31(27)10-2/h11-19,26H,9-10H2,1-8H3/p+1. The number of quaternary nitrogens is 1. The molecule has 2 nitrogen and oxygen atoms in total. The summed E-state index contributed by atoms with van der Waals surface area (Å²) in [7, 11) is 0. The summed E-state index contributed by atoms with van der Waals surface area (Å²) in [5.74, 6) is 0. The minimum absolute atomic E-state index is 0.0181. The second-order valence-electron chi connectivity index (χ2n) is 10.5. The molecule has 2 aromatic carbocycles. The van der Waals surface area contributed by atoms with Gasteiger partial charge in [-0.1, -0.05) is 49.2 Å². The molecule has 0 fully saturated rings. The van der Waals surface area contributed by atoms with Crippen LogP contribution in [-0.4, -0.2) is 19.1 Å². The Bertz CT molecular complexity index is 1050. The molecule has 4 rings (SSSR count). The summed E-state index contributed by atoms with van der Waals surface area (Å²) in [6.07, 6.45) is 7.16. The van der Waals surface area contributed by atoms with E-state index in [1.807, 2.05) is 0 Å². The van der Waals surface area contributed by atoms with E-state index in [2.05, 4.69) is 115 Å². The first-order valence-electron chi connectivity index (χ1n) is 11.9. The summed E-state index contributed by atoms with van der Waals surface area (Å²) in [6.45, 7) is 20.6. The van der Waals surface area contributed by atoms with Gasteiger partial charge in [0.15, 0.2) is 0 Å².